The van der Waals surface area contributed by atoms with Gasteiger partial charge in [-0.25, -0.2) is 0 Å². The number of H-pyrrole nitrogens is 1. The molecule has 1 aliphatic heterocycles. The monoisotopic (exact) mass is 227 g/mol. The molecule has 0 radical (unpaired) electrons. The van der Waals surface area contributed by atoms with Crippen molar-refractivity contribution in [3.8, 4) is 0 Å². The summed E-state index contributed by atoms with van der Waals surface area (Å²) < 4.78 is 0. The quantitative estimate of drug-likeness (QED) is 0.874. The number of benzene rings is 1. The molecule has 0 spiro atoms. The number of hydrogen-bond donors (Lipinski definition) is 1. The van der Waals surface area contributed by atoms with Gasteiger partial charge in [0, 0.05) is 12.7 Å². The molecule has 0 aliphatic carbocycles. The van der Waals surface area contributed by atoms with Gasteiger partial charge in [0.05, 0.1) is 11.7 Å². The van der Waals surface area contributed by atoms with E-state index in [-0.39, 0.29) is 0 Å². The second-order valence-corrected chi connectivity index (χ2v) is 4.63. The molecule has 1 aliphatic rings. The van der Waals surface area contributed by atoms with Crippen LogP contribution in [0.4, 0.5) is 0 Å². The number of hydrogen-bond acceptors (Lipinski definition) is 2. The van der Waals surface area contributed by atoms with E-state index in [1.807, 2.05) is 6.20 Å². The Morgan fingerprint density at radius 3 is 2.88 bits per heavy atom. The number of nitrogens with zero attached hydrogens (tertiary/aromatic N) is 2. The van der Waals surface area contributed by atoms with Gasteiger partial charge in [-0.15, -0.1) is 0 Å². The Balaban J connectivity index is 1.75. The fourth-order valence-corrected chi connectivity index (χ4v) is 2.64. The van der Waals surface area contributed by atoms with Gasteiger partial charge in [0.1, 0.15) is 0 Å². The Bertz CT molecular complexity index is 450. The number of aromatic amines is 1. The van der Waals surface area contributed by atoms with Crippen LogP contribution in [-0.2, 0) is 6.54 Å². The van der Waals surface area contributed by atoms with Crippen molar-refractivity contribution in [2.45, 2.75) is 25.4 Å². The summed E-state index contributed by atoms with van der Waals surface area (Å²) in [6.07, 6.45) is 4.35. The molecule has 0 bridgehead atoms. The standard InChI is InChI=1S/C14H17N3/c1-2-5-12(6-3-1)11-17-10-4-7-14(17)13-8-9-15-16-13/h1-3,5-6,8-9,14H,4,7,10-11H2,(H,15,16). The van der Waals surface area contributed by atoms with Crippen molar-refractivity contribution in [3.63, 3.8) is 0 Å². The first-order valence-electron chi connectivity index (χ1n) is 6.21. The Hall–Kier alpha value is -1.61. The van der Waals surface area contributed by atoms with E-state index in [1.165, 1.54) is 30.6 Å². The Kier molecular flexibility index (Phi) is 2.92. The van der Waals surface area contributed by atoms with Crippen LogP contribution >= 0.6 is 0 Å². The molecule has 1 aromatic carbocycles. The van der Waals surface area contributed by atoms with E-state index >= 15 is 0 Å². The van der Waals surface area contributed by atoms with Crippen LogP contribution in [0, 0.1) is 0 Å². The zero-order valence-corrected chi connectivity index (χ0v) is 9.84. The summed E-state index contributed by atoms with van der Waals surface area (Å²) in [5, 5.41) is 7.16. The van der Waals surface area contributed by atoms with Crippen molar-refractivity contribution in [3.05, 3.63) is 53.9 Å². The first-order chi connectivity index (χ1) is 8.43. The van der Waals surface area contributed by atoms with Gasteiger partial charge in [-0.05, 0) is 31.0 Å². The normalized spacial score (nSPS) is 20.8. The molecule has 1 unspecified atom stereocenters. The van der Waals surface area contributed by atoms with Gasteiger partial charge in [-0.2, -0.15) is 5.10 Å². The van der Waals surface area contributed by atoms with E-state index < -0.39 is 0 Å². The maximum Gasteiger partial charge on any atom is 0.0523 e. The third-order valence-corrected chi connectivity index (χ3v) is 3.47. The average molecular weight is 227 g/mol. The Morgan fingerprint density at radius 2 is 2.12 bits per heavy atom. The van der Waals surface area contributed by atoms with Crippen molar-refractivity contribution in [2.24, 2.45) is 0 Å². The Morgan fingerprint density at radius 1 is 1.24 bits per heavy atom. The molecule has 3 rings (SSSR count). The molecule has 0 saturated carbocycles. The molecule has 2 aromatic rings. The lowest BCUT2D eigenvalue weighted by molar-refractivity contribution is 0.244. The number of aromatic nitrogens is 2. The lowest BCUT2D eigenvalue weighted by atomic mass is 10.1. The van der Waals surface area contributed by atoms with E-state index in [9.17, 15) is 0 Å². The van der Waals surface area contributed by atoms with Crippen molar-refractivity contribution in [1.82, 2.24) is 15.1 Å². The Labute approximate surface area is 101 Å². The zero-order chi connectivity index (χ0) is 11.5. The first-order valence-corrected chi connectivity index (χ1v) is 6.21. The van der Waals surface area contributed by atoms with Gasteiger partial charge in [0.15, 0.2) is 0 Å². The largest absolute Gasteiger partial charge is 0.291 e. The maximum atomic E-state index is 4.06. The van der Waals surface area contributed by atoms with Gasteiger partial charge in [0.25, 0.3) is 0 Å². The average Bonchev–Trinajstić information content (AvgIpc) is 3.00. The molecule has 2 heterocycles. The fourth-order valence-electron chi connectivity index (χ4n) is 2.64. The predicted octanol–water partition coefficient (Wildman–Crippen LogP) is 2.75. The number of rotatable bonds is 3. The molecule has 88 valence electrons. The van der Waals surface area contributed by atoms with Crippen LogP contribution in [0.5, 0.6) is 0 Å². The summed E-state index contributed by atoms with van der Waals surface area (Å²) in [6.45, 7) is 2.21. The topological polar surface area (TPSA) is 31.9 Å². The summed E-state index contributed by atoms with van der Waals surface area (Å²) in [7, 11) is 0. The molecule has 3 nitrogen and oxygen atoms in total. The predicted molar refractivity (Wildman–Crippen MR) is 67.4 cm³/mol. The summed E-state index contributed by atoms with van der Waals surface area (Å²) in [5.41, 5.74) is 2.64. The van der Waals surface area contributed by atoms with Crippen LogP contribution in [0.25, 0.3) is 0 Å². The molecule has 0 amide bonds. The molecular formula is C14H17N3. The van der Waals surface area contributed by atoms with E-state index in [2.05, 4.69) is 51.5 Å². The van der Waals surface area contributed by atoms with Crippen molar-refractivity contribution < 1.29 is 0 Å². The molecule has 1 atom stereocenters. The van der Waals surface area contributed by atoms with Crippen LogP contribution in [0.15, 0.2) is 42.6 Å². The summed E-state index contributed by atoms with van der Waals surface area (Å²) in [5.74, 6) is 0. The van der Waals surface area contributed by atoms with E-state index in [0.717, 1.165) is 6.54 Å². The van der Waals surface area contributed by atoms with Crippen molar-refractivity contribution >= 4 is 0 Å². The van der Waals surface area contributed by atoms with Gasteiger partial charge in [0.2, 0.25) is 0 Å². The van der Waals surface area contributed by atoms with Gasteiger partial charge >= 0.3 is 0 Å². The third-order valence-electron chi connectivity index (χ3n) is 3.47. The molecule has 1 saturated heterocycles. The van der Waals surface area contributed by atoms with Crippen molar-refractivity contribution in [2.75, 3.05) is 6.54 Å². The van der Waals surface area contributed by atoms with Crippen LogP contribution in [-0.4, -0.2) is 21.6 Å². The second-order valence-electron chi connectivity index (χ2n) is 4.63. The first kappa shape index (κ1) is 10.5. The molecule has 17 heavy (non-hydrogen) atoms. The van der Waals surface area contributed by atoms with Gasteiger partial charge in [-0.1, -0.05) is 30.3 Å². The third kappa shape index (κ3) is 2.24. The van der Waals surface area contributed by atoms with Crippen LogP contribution in [0.3, 0.4) is 0 Å². The minimum atomic E-state index is 0.512. The fraction of sp³-hybridized carbons (Fsp3) is 0.357. The maximum absolute atomic E-state index is 4.06. The van der Waals surface area contributed by atoms with E-state index in [1.54, 1.807) is 0 Å². The SMILES string of the molecule is c1ccc(CN2CCCC2c2ccn[nH]2)cc1. The summed E-state index contributed by atoms with van der Waals surface area (Å²) >= 11 is 0. The van der Waals surface area contributed by atoms with Crippen LogP contribution < -0.4 is 0 Å². The lowest BCUT2D eigenvalue weighted by Crippen LogP contribution is -2.22. The highest BCUT2D eigenvalue weighted by Crippen LogP contribution is 2.31. The molecule has 1 N–H and O–H groups in total. The van der Waals surface area contributed by atoms with Crippen molar-refractivity contribution in [1.29, 1.82) is 0 Å². The summed E-state index contributed by atoms with van der Waals surface area (Å²) in [6, 6.07) is 13.3. The highest BCUT2D eigenvalue weighted by atomic mass is 15.2. The molecule has 1 fully saturated rings. The van der Waals surface area contributed by atoms with E-state index in [4.69, 9.17) is 0 Å². The highest BCUT2D eigenvalue weighted by molar-refractivity contribution is 5.16. The van der Waals surface area contributed by atoms with Crippen LogP contribution in [0.2, 0.25) is 0 Å². The number of likely N-dealkylation sites (tertiary alicyclic amines) is 1. The molecule has 3 heteroatoms. The molecule has 1 aromatic heterocycles. The van der Waals surface area contributed by atoms with E-state index in [0.29, 0.717) is 6.04 Å². The minimum Gasteiger partial charge on any atom is -0.291 e. The number of nitrogens with one attached hydrogen (secondary N) is 1. The van der Waals surface area contributed by atoms with Gasteiger partial charge in [-0.3, -0.25) is 10.00 Å². The van der Waals surface area contributed by atoms with Gasteiger partial charge < -0.3 is 0 Å². The second kappa shape index (κ2) is 4.72. The lowest BCUT2D eigenvalue weighted by Gasteiger charge is -2.23. The van der Waals surface area contributed by atoms with Crippen LogP contribution in [0.1, 0.15) is 30.1 Å². The smallest absolute Gasteiger partial charge is 0.0523 e. The zero-order valence-electron chi connectivity index (χ0n) is 9.84. The highest BCUT2D eigenvalue weighted by Gasteiger charge is 2.26. The minimum absolute atomic E-state index is 0.512. The molecular weight excluding hydrogens is 210 g/mol. The summed E-state index contributed by atoms with van der Waals surface area (Å²) in [4.78, 5) is 2.53.